The summed E-state index contributed by atoms with van der Waals surface area (Å²) in [6, 6.07) is 17.9. The van der Waals surface area contributed by atoms with Crippen LogP contribution < -0.4 is 10.1 Å². The molecule has 0 radical (unpaired) electrons. The van der Waals surface area contributed by atoms with Gasteiger partial charge in [-0.15, -0.1) is 11.8 Å². The Morgan fingerprint density at radius 1 is 1.19 bits per heavy atom. The minimum absolute atomic E-state index is 0.172. The van der Waals surface area contributed by atoms with Gasteiger partial charge in [0, 0.05) is 12.3 Å². The number of thioether (sulfide) groups is 1. The minimum Gasteiger partial charge on any atom is -0.482 e. The molecule has 0 bridgehead atoms. The summed E-state index contributed by atoms with van der Waals surface area (Å²) in [7, 11) is 0. The van der Waals surface area contributed by atoms with Crippen LogP contribution in [0.2, 0.25) is 0 Å². The Balaban J connectivity index is 1.56. The van der Waals surface area contributed by atoms with E-state index in [4.69, 9.17) is 10.00 Å². The summed E-state index contributed by atoms with van der Waals surface area (Å²) in [5.41, 5.74) is 1.38. The normalized spacial score (nSPS) is 15.8. The average molecular weight is 381 g/mol. The lowest BCUT2D eigenvalue weighted by Gasteiger charge is -2.23. The molecule has 1 N–H and O–H groups in total. The lowest BCUT2D eigenvalue weighted by atomic mass is 10.2. The molecule has 0 spiro atoms. The quantitative estimate of drug-likeness (QED) is 0.829. The Kier molecular flexibility index (Phi) is 6.34. The highest BCUT2D eigenvalue weighted by Crippen LogP contribution is 2.22. The van der Waals surface area contributed by atoms with E-state index < -0.39 is 6.04 Å². The number of benzene rings is 2. The van der Waals surface area contributed by atoms with Crippen molar-refractivity contribution in [3.8, 4) is 11.8 Å². The van der Waals surface area contributed by atoms with E-state index in [1.807, 2.05) is 36.4 Å². The molecule has 0 aromatic heterocycles. The average Bonchev–Trinajstić information content (AvgIpc) is 3.21. The number of hydrogen-bond acceptors (Lipinski definition) is 5. The fraction of sp³-hybridized carbons (Fsp3) is 0.250. The van der Waals surface area contributed by atoms with E-state index in [1.54, 1.807) is 24.3 Å². The van der Waals surface area contributed by atoms with Gasteiger partial charge < -0.3 is 15.0 Å². The molecule has 1 saturated heterocycles. The van der Waals surface area contributed by atoms with Crippen molar-refractivity contribution < 1.29 is 14.3 Å². The zero-order valence-electron chi connectivity index (χ0n) is 14.6. The van der Waals surface area contributed by atoms with Crippen LogP contribution in [0.5, 0.6) is 5.75 Å². The molecule has 0 aliphatic carbocycles. The number of nitrogens with one attached hydrogen (secondary N) is 1. The number of carbonyl (C=O) groups is 2. The van der Waals surface area contributed by atoms with Crippen LogP contribution in [0.25, 0.3) is 0 Å². The fourth-order valence-corrected chi connectivity index (χ4v) is 3.90. The van der Waals surface area contributed by atoms with E-state index in [-0.39, 0.29) is 18.4 Å². The molecule has 6 nitrogen and oxygen atoms in total. The second-order valence-corrected chi connectivity index (χ2v) is 6.98. The van der Waals surface area contributed by atoms with Gasteiger partial charge in [0.1, 0.15) is 17.9 Å². The van der Waals surface area contributed by atoms with Crippen molar-refractivity contribution >= 4 is 23.6 Å². The first kappa shape index (κ1) is 18.8. The summed E-state index contributed by atoms with van der Waals surface area (Å²) in [6.07, 6.45) is 0. The largest absolute Gasteiger partial charge is 0.482 e. The molecule has 0 saturated carbocycles. The highest BCUT2D eigenvalue weighted by molar-refractivity contribution is 7.99. The van der Waals surface area contributed by atoms with Gasteiger partial charge in [-0.25, -0.2) is 0 Å². The van der Waals surface area contributed by atoms with Crippen molar-refractivity contribution in [1.29, 1.82) is 5.26 Å². The number of rotatable bonds is 6. The number of hydrogen-bond donors (Lipinski definition) is 1. The van der Waals surface area contributed by atoms with Crippen LogP contribution in [0.1, 0.15) is 11.1 Å². The molecule has 1 atom stereocenters. The number of nitrogens with zero attached hydrogens (tertiary/aromatic N) is 2. The number of nitriles is 1. The summed E-state index contributed by atoms with van der Waals surface area (Å²) in [6.45, 7) is 0.219. The Hall–Kier alpha value is -2.98. The van der Waals surface area contributed by atoms with E-state index in [1.165, 1.54) is 16.7 Å². The van der Waals surface area contributed by atoms with E-state index >= 15 is 0 Å². The fourth-order valence-electron chi connectivity index (χ4n) is 2.72. The molecular formula is C20H19N3O3S. The molecule has 27 heavy (non-hydrogen) atoms. The maximum absolute atomic E-state index is 12.5. The molecular weight excluding hydrogens is 362 g/mol. The first-order valence-electron chi connectivity index (χ1n) is 8.50. The molecule has 2 aromatic rings. The number of ether oxygens (including phenoxy) is 1. The van der Waals surface area contributed by atoms with Gasteiger partial charge in [0.2, 0.25) is 5.91 Å². The standard InChI is InChI=1S/C20H19N3O3S/c21-10-16-8-4-5-9-18(16)26-12-19(24)23-14-27-13-17(23)20(25)22-11-15-6-2-1-3-7-15/h1-9,17H,11-14H2,(H,22,25)/t17-/m1/s1. The Labute approximate surface area is 162 Å². The number of amides is 2. The highest BCUT2D eigenvalue weighted by Gasteiger charge is 2.34. The van der Waals surface area contributed by atoms with Gasteiger partial charge in [0.15, 0.2) is 6.61 Å². The molecule has 1 fully saturated rings. The first-order chi connectivity index (χ1) is 13.2. The van der Waals surface area contributed by atoms with Gasteiger partial charge in [-0.05, 0) is 17.7 Å². The van der Waals surface area contributed by atoms with Gasteiger partial charge in [-0.1, -0.05) is 42.5 Å². The van der Waals surface area contributed by atoms with Crippen LogP contribution in [-0.2, 0) is 16.1 Å². The second kappa shape index (κ2) is 9.10. The number of para-hydroxylation sites is 1. The van der Waals surface area contributed by atoms with E-state index in [0.29, 0.717) is 29.5 Å². The summed E-state index contributed by atoms with van der Waals surface area (Å²) in [5, 5.41) is 12.0. The zero-order valence-corrected chi connectivity index (χ0v) is 15.4. The third kappa shape index (κ3) is 4.80. The third-order valence-corrected chi connectivity index (χ3v) is 5.19. The van der Waals surface area contributed by atoms with Crippen molar-refractivity contribution in [2.45, 2.75) is 12.6 Å². The first-order valence-corrected chi connectivity index (χ1v) is 9.65. The smallest absolute Gasteiger partial charge is 0.261 e. The van der Waals surface area contributed by atoms with Gasteiger partial charge in [-0.2, -0.15) is 5.26 Å². The van der Waals surface area contributed by atoms with Crippen LogP contribution >= 0.6 is 11.8 Å². The summed E-state index contributed by atoms with van der Waals surface area (Å²) in [4.78, 5) is 26.6. The molecule has 1 aliphatic heterocycles. The van der Waals surface area contributed by atoms with Crippen molar-refractivity contribution in [3.63, 3.8) is 0 Å². The van der Waals surface area contributed by atoms with Gasteiger partial charge in [0.25, 0.3) is 5.91 Å². The van der Waals surface area contributed by atoms with Gasteiger partial charge in [-0.3, -0.25) is 9.59 Å². The topological polar surface area (TPSA) is 82.4 Å². The molecule has 1 aliphatic rings. The summed E-state index contributed by atoms with van der Waals surface area (Å²) >= 11 is 1.53. The summed E-state index contributed by atoms with van der Waals surface area (Å²) < 4.78 is 5.50. The molecule has 138 valence electrons. The van der Waals surface area contributed by atoms with Gasteiger partial charge in [0.05, 0.1) is 11.4 Å². The predicted octanol–water partition coefficient (Wildman–Crippen LogP) is 2.15. The summed E-state index contributed by atoms with van der Waals surface area (Å²) in [5.74, 6) is 0.930. The SMILES string of the molecule is N#Cc1ccccc1OCC(=O)N1CSC[C@@H]1C(=O)NCc1ccccc1. The van der Waals surface area contributed by atoms with Crippen LogP contribution in [0, 0.1) is 11.3 Å². The second-order valence-electron chi connectivity index (χ2n) is 5.98. The van der Waals surface area contributed by atoms with E-state index in [2.05, 4.69) is 5.32 Å². The molecule has 7 heteroatoms. The zero-order chi connectivity index (χ0) is 19.1. The monoisotopic (exact) mass is 381 g/mol. The molecule has 2 aromatic carbocycles. The lowest BCUT2D eigenvalue weighted by Crippen LogP contribution is -2.48. The Bertz CT molecular complexity index is 851. The minimum atomic E-state index is -0.513. The van der Waals surface area contributed by atoms with Crippen molar-refractivity contribution in [3.05, 3.63) is 65.7 Å². The van der Waals surface area contributed by atoms with E-state index in [9.17, 15) is 9.59 Å². The Morgan fingerprint density at radius 2 is 1.93 bits per heavy atom. The predicted molar refractivity (Wildman–Crippen MR) is 103 cm³/mol. The Morgan fingerprint density at radius 3 is 2.70 bits per heavy atom. The number of carbonyl (C=O) groups excluding carboxylic acids is 2. The van der Waals surface area contributed by atoms with Crippen LogP contribution in [0.4, 0.5) is 0 Å². The molecule has 0 unspecified atom stereocenters. The molecule has 1 heterocycles. The third-order valence-electron chi connectivity index (χ3n) is 4.17. The molecule has 3 rings (SSSR count). The van der Waals surface area contributed by atoms with Crippen LogP contribution in [0.15, 0.2) is 54.6 Å². The van der Waals surface area contributed by atoms with Gasteiger partial charge >= 0.3 is 0 Å². The van der Waals surface area contributed by atoms with Crippen molar-refractivity contribution in [2.75, 3.05) is 18.2 Å². The highest BCUT2D eigenvalue weighted by atomic mass is 32.2. The van der Waals surface area contributed by atoms with Crippen LogP contribution in [-0.4, -0.2) is 41.0 Å². The molecule has 2 amide bonds. The van der Waals surface area contributed by atoms with E-state index in [0.717, 1.165) is 5.56 Å². The van der Waals surface area contributed by atoms with Crippen LogP contribution in [0.3, 0.4) is 0 Å². The van der Waals surface area contributed by atoms with Crippen molar-refractivity contribution in [1.82, 2.24) is 10.2 Å². The maximum atomic E-state index is 12.5. The lowest BCUT2D eigenvalue weighted by molar-refractivity contribution is -0.139. The maximum Gasteiger partial charge on any atom is 0.261 e. The van der Waals surface area contributed by atoms with Crippen molar-refractivity contribution in [2.24, 2.45) is 0 Å².